The fourth-order valence-electron chi connectivity index (χ4n) is 5.99. The molecule has 116 valence electrons. The van der Waals surface area contributed by atoms with E-state index in [1.54, 1.807) is 0 Å². The van der Waals surface area contributed by atoms with Crippen LogP contribution >= 0.6 is 0 Å². The van der Waals surface area contributed by atoms with Crippen molar-refractivity contribution >= 4 is 0 Å². The highest BCUT2D eigenvalue weighted by Gasteiger charge is 2.56. The molecular weight excluding hydrogens is 260 g/mol. The molecule has 3 N–H and O–H groups in total. The summed E-state index contributed by atoms with van der Waals surface area (Å²) in [5.41, 5.74) is 0. The van der Waals surface area contributed by atoms with E-state index >= 15 is 0 Å². The van der Waals surface area contributed by atoms with Crippen molar-refractivity contribution in [3.05, 3.63) is 12.2 Å². The molecule has 0 saturated carbocycles. The minimum atomic E-state index is 0.642. The van der Waals surface area contributed by atoms with E-state index in [1.165, 1.54) is 52.0 Å². The van der Waals surface area contributed by atoms with Crippen LogP contribution in [-0.2, 0) is 0 Å². The first-order valence-corrected chi connectivity index (χ1v) is 9.04. The van der Waals surface area contributed by atoms with E-state index < -0.39 is 0 Å². The standard InChI is InChI=1S/C17H28N4/c1-2-13-14-9-19-8-12-4-3-11-5-7-18-10-15(11)21(16(12)14)17(13)20-6-1/h3-4,11-20H,1-2,5-10H2. The Balaban J connectivity index is 1.56. The summed E-state index contributed by atoms with van der Waals surface area (Å²) in [5.74, 6) is 3.21. The maximum Gasteiger partial charge on any atom is 0.0635 e. The Kier molecular flexibility index (Phi) is 3.14. The van der Waals surface area contributed by atoms with Crippen molar-refractivity contribution in [2.45, 2.75) is 37.5 Å². The van der Waals surface area contributed by atoms with Gasteiger partial charge in [0, 0.05) is 31.1 Å². The molecule has 4 saturated heterocycles. The number of nitrogens with zero attached hydrogens (tertiary/aromatic N) is 1. The summed E-state index contributed by atoms with van der Waals surface area (Å²) in [6, 6.07) is 1.49. The smallest absolute Gasteiger partial charge is 0.0635 e. The Morgan fingerprint density at radius 2 is 1.81 bits per heavy atom. The van der Waals surface area contributed by atoms with Crippen LogP contribution in [0.1, 0.15) is 19.3 Å². The van der Waals surface area contributed by atoms with Crippen LogP contribution in [0.5, 0.6) is 0 Å². The highest BCUT2D eigenvalue weighted by atomic mass is 15.4. The lowest BCUT2D eigenvalue weighted by atomic mass is 9.78. The third-order valence-electron chi connectivity index (χ3n) is 6.82. The molecular formula is C17H28N4. The number of piperidine rings is 3. The van der Waals surface area contributed by atoms with Crippen molar-refractivity contribution in [3.8, 4) is 0 Å². The van der Waals surface area contributed by atoms with Crippen LogP contribution in [-0.4, -0.2) is 55.9 Å². The van der Waals surface area contributed by atoms with Gasteiger partial charge in [-0.05, 0) is 56.7 Å². The second-order valence-electron chi connectivity index (χ2n) is 7.74. The molecule has 4 nitrogen and oxygen atoms in total. The van der Waals surface area contributed by atoms with Crippen molar-refractivity contribution in [2.75, 3.05) is 32.7 Å². The van der Waals surface area contributed by atoms with Crippen molar-refractivity contribution < 1.29 is 0 Å². The molecule has 0 aromatic carbocycles. The van der Waals surface area contributed by atoms with Gasteiger partial charge in [0.2, 0.25) is 0 Å². The lowest BCUT2D eigenvalue weighted by molar-refractivity contribution is 0.0377. The minimum absolute atomic E-state index is 0.642. The van der Waals surface area contributed by atoms with Gasteiger partial charge >= 0.3 is 0 Å². The van der Waals surface area contributed by atoms with Gasteiger partial charge in [0.1, 0.15) is 0 Å². The molecule has 7 unspecified atom stereocenters. The number of rotatable bonds is 0. The van der Waals surface area contributed by atoms with E-state index in [4.69, 9.17) is 0 Å². The normalized spacial score (nSPS) is 52.7. The quantitative estimate of drug-likeness (QED) is 0.564. The van der Waals surface area contributed by atoms with Gasteiger partial charge in [0.05, 0.1) is 6.17 Å². The fourth-order valence-corrected chi connectivity index (χ4v) is 5.99. The van der Waals surface area contributed by atoms with E-state index in [0.717, 1.165) is 29.7 Å². The Hall–Kier alpha value is -0.420. The number of nitrogens with one attached hydrogen (secondary N) is 3. The molecule has 5 rings (SSSR count). The van der Waals surface area contributed by atoms with Crippen molar-refractivity contribution in [2.24, 2.45) is 23.7 Å². The van der Waals surface area contributed by atoms with Gasteiger partial charge in [0.25, 0.3) is 0 Å². The number of hydrogen-bond donors (Lipinski definition) is 3. The molecule has 21 heavy (non-hydrogen) atoms. The molecule has 0 spiro atoms. The van der Waals surface area contributed by atoms with Crippen LogP contribution in [0.25, 0.3) is 0 Å². The van der Waals surface area contributed by atoms with E-state index in [0.29, 0.717) is 12.2 Å². The predicted molar refractivity (Wildman–Crippen MR) is 83.9 cm³/mol. The van der Waals surface area contributed by atoms with Gasteiger partial charge in [-0.3, -0.25) is 4.90 Å². The van der Waals surface area contributed by atoms with Crippen molar-refractivity contribution in [1.29, 1.82) is 0 Å². The highest BCUT2D eigenvalue weighted by Crippen LogP contribution is 2.47. The summed E-state index contributed by atoms with van der Waals surface area (Å²) in [4.78, 5) is 2.94. The van der Waals surface area contributed by atoms with Crippen LogP contribution in [0, 0.1) is 23.7 Å². The molecule has 0 radical (unpaired) electrons. The van der Waals surface area contributed by atoms with Crippen LogP contribution in [0.4, 0.5) is 0 Å². The molecule has 5 aliphatic heterocycles. The van der Waals surface area contributed by atoms with Gasteiger partial charge < -0.3 is 16.0 Å². The lowest BCUT2D eigenvalue weighted by Crippen LogP contribution is -2.61. The van der Waals surface area contributed by atoms with Crippen molar-refractivity contribution in [1.82, 2.24) is 20.9 Å². The van der Waals surface area contributed by atoms with Crippen LogP contribution in [0.15, 0.2) is 12.2 Å². The molecule has 0 aromatic rings. The highest BCUT2D eigenvalue weighted by molar-refractivity contribution is 5.17. The molecule has 0 amide bonds. The largest absolute Gasteiger partial charge is 0.316 e. The minimum Gasteiger partial charge on any atom is -0.316 e. The van der Waals surface area contributed by atoms with Gasteiger partial charge in [0.15, 0.2) is 0 Å². The van der Waals surface area contributed by atoms with Gasteiger partial charge in [-0.25, -0.2) is 0 Å². The van der Waals surface area contributed by atoms with E-state index in [9.17, 15) is 0 Å². The van der Waals surface area contributed by atoms with E-state index in [1.807, 2.05) is 0 Å². The van der Waals surface area contributed by atoms with Gasteiger partial charge in [-0.1, -0.05) is 12.2 Å². The third kappa shape index (κ3) is 1.89. The zero-order chi connectivity index (χ0) is 13.8. The average Bonchev–Trinajstić information content (AvgIpc) is 2.78. The average molecular weight is 288 g/mol. The third-order valence-corrected chi connectivity index (χ3v) is 6.82. The summed E-state index contributed by atoms with van der Waals surface area (Å²) in [7, 11) is 0. The SMILES string of the molecule is C1=CC2CNCC3C4CCCNC4N(C4CNCCC14)C23. The molecule has 0 aromatic heterocycles. The van der Waals surface area contributed by atoms with E-state index in [2.05, 4.69) is 33.0 Å². The molecule has 4 heteroatoms. The predicted octanol–water partition coefficient (Wildman–Crippen LogP) is 0.380. The molecule has 0 bridgehead atoms. The Morgan fingerprint density at radius 3 is 2.81 bits per heavy atom. The molecule has 4 fully saturated rings. The molecule has 0 aliphatic carbocycles. The fraction of sp³-hybridized carbons (Fsp3) is 0.882. The van der Waals surface area contributed by atoms with E-state index in [-0.39, 0.29) is 0 Å². The van der Waals surface area contributed by atoms with Gasteiger partial charge in [-0.15, -0.1) is 0 Å². The topological polar surface area (TPSA) is 39.3 Å². The number of hydrogen-bond acceptors (Lipinski definition) is 4. The van der Waals surface area contributed by atoms with Gasteiger partial charge in [-0.2, -0.15) is 0 Å². The summed E-state index contributed by atoms with van der Waals surface area (Å²) in [6.07, 6.45) is 9.89. The van der Waals surface area contributed by atoms with Crippen LogP contribution in [0.2, 0.25) is 0 Å². The zero-order valence-electron chi connectivity index (χ0n) is 12.8. The summed E-state index contributed by atoms with van der Waals surface area (Å²) < 4.78 is 0. The maximum absolute atomic E-state index is 3.90. The molecule has 7 atom stereocenters. The van der Waals surface area contributed by atoms with Crippen LogP contribution < -0.4 is 16.0 Å². The van der Waals surface area contributed by atoms with Crippen LogP contribution in [0.3, 0.4) is 0 Å². The summed E-state index contributed by atoms with van der Waals surface area (Å²) in [6.45, 7) is 6.01. The van der Waals surface area contributed by atoms with Crippen molar-refractivity contribution in [3.63, 3.8) is 0 Å². The monoisotopic (exact) mass is 288 g/mol. The first kappa shape index (κ1) is 13.1. The molecule has 5 heterocycles. The Morgan fingerprint density at radius 1 is 0.857 bits per heavy atom. The Labute approximate surface area is 127 Å². The second-order valence-corrected chi connectivity index (χ2v) is 7.74. The number of fused-ring (bicyclic) bond motifs is 5. The molecule has 5 aliphatic rings. The first-order valence-electron chi connectivity index (χ1n) is 9.04. The lowest BCUT2D eigenvalue weighted by Gasteiger charge is -2.45. The Bertz CT molecular complexity index is 437. The summed E-state index contributed by atoms with van der Waals surface area (Å²) >= 11 is 0. The summed E-state index contributed by atoms with van der Waals surface area (Å²) in [5, 5.41) is 11.3. The second kappa shape index (κ2) is 5.05. The first-order chi connectivity index (χ1) is 10.4. The maximum atomic E-state index is 3.90. The zero-order valence-corrected chi connectivity index (χ0v) is 12.8.